The van der Waals surface area contributed by atoms with Crippen molar-refractivity contribution in [1.82, 2.24) is 9.97 Å². The van der Waals surface area contributed by atoms with Crippen molar-refractivity contribution in [2.45, 2.75) is 59.2 Å². The minimum atomic E-state index is -1.11. The zero-order valence-corrected chi connectivity index (χ0v) is 25.1. The Hall–Kier alpha value is -3.78. The maximum Gasteiger partial charge on any atom is 0.321 e. The molecule has 7 nitrogen and oxygen atoms in total. The van der Waals surface area contributed by atoms with Gasteiger partial charge in [0.25, 0.3) is 0 Å². The highest BCUT2D eigenvalue weighted by Gasteiger charge is 2.35. The van der Waals surface area contributed by atoms with Gasteiger partial charge in [-0.15, -0.1) is 0 Å². The third-order valence-electron chi connectivity index (χ3n) is 5.86. The maximum absolute atomic E-state index is 13.0. The predicted octanol–water partition coefficient (Wildman–Crippen LogP) is 7.27. The molecular formula is C32H33BrN2O5. The summed E-state index contributed by atoms with van der Waals surface area (Å²) in [7, 11) is 0. The van der Waals surface area contributed by atoms with E-state index in [4.69, 9.17) is 19.4 Å². The summed E-state index contributed by atoms with van der Waals surface area (Å²) in [5.74, 6) is -2.32. The number of phenols is 1. The van der Waals surface area contributed by atoms with Gasteiger partial charge in [-0.2, -0.15) is 0 Å². The maximum atomic E-state index is 13.0. The molecule has 8 heteroatoms. The zero-order valence-electron chi connectivity index (χ0n) is 23.5. The summed E-state index contributed by atoms with van der Waals surface area (Å²) < 4.78 is 11.6. The molecule has 0 saturated heterocycles. The van der Waals surface area contributed by atoms with Crippen molar-refractivity contribution in [3.05, 3.63) is 76.8 Å². The number of aromatic hydroxyl groups is 1. The quantitative estimate of drug-likeness (QED) is 0.182. The normalized spacial score (nSPS) is 12.0. The van der Waals surface area contributed by atoms with Crippen molar-refractivity contribution >= 4 is 38.9 Å². The summed E-state index contributed by atoms with van der Waals surface area (Å²) in [5.41, 5.74) is 3.14. The van der Waals surface area contributed by atoms with Crippen LogP contribution in [0.2, 0.25) is 0 Å². The highest BCUT2D eigenvalue weighted by molar-refractivity contribution is 9.10. The molecule has 3 aromatic carbocycles. The first-order valence-electron chi connectivity index (χ1n) is 13.0. The number of aromatic nitrogens is 2. The van der Waals surface area contributed by atoms with Gasteiger partial charge in [0.1, 0.15) is 16.7 Å². The summed E-state index contributed by atoms with van der Waals surface area (Å²) >= 11 is 3.36. The fraction of sp³-hybridized carbons (Fsp3) is 0.312. The molecule has 0 aliphatic carbocycles. The van der Waals surface area contributed by atoms with Gasteiger partial charge in [-0.05, 0) is 81.6 Å². The van der Waals surface area contributed by atoms with E-state index < -0.39 is 29.1 Å². The third-order valence-corrected chi connectivity index (χ3v) is 6.50. The van der Waals surface area contributed by atoms with Crippen molar-refractivity contribution < 1.29 is 24.2 Å². The molecule has 0 fully saturated rings. The van der Waals surface area contributed by atoms with E-state index in [1.807, 2.05) is 54.6 Å². The van der Waals surface area contributed by atoms with E-state index in [0.29, 0.717) is 26.9 Å². The molecule has 4 aromatic rings. The second-order valence-electron chi connectivity index (χ2n) is 11.6. The van der Waals surface area contributed by atoms with Crippen LogP contribution in [0.25, 0.3) is 33.5 Å². The molecule has 1 heterocycles. The lowest BCUT2D eigenvalue weighted by molar-refractivity contribution is -0.174. The SMILES string of the molecule is CC(C)(C)OC(=O)C(Cc1ccc(-c2nc3ccc(Br)c(O)c3nc2-c2ccccc2)cc1)C(=O)OC(C)(C)C. The van der Waals surface area contributed by atoms with Crippen LogP contribution in [0.4, 0.5) is 0 Å². The summed E-state index contributed by atoms with van der Waals surface area (Å²) in [6.45, 7) is 10.6. The number of benzene rings is 3. The molecule has 40 heavy (non-hydrogen) atoms. The molecule has 0 aliphatic rings. The van der Waals surface area contributed by atoms with Gasteiger partial charge in [-0.25, -0.2) is 9.97 Å². The van der Waals surface area contributed by atoms with Crippen LogP contribution in [0.1, 0.15) is 47.1 Å². The van der Waals surface area contributed by atoms with Gasteiger partial charge in [-0.3, -0.25) is 9.59 Å². The number of nitrogens with zero attached hydrogens (tertiary/aromatic N) is 2. The molecule has 0 radical (unpaired) electrons. The average Bonchev–Trinajstić information content (AvgIpc) is 2.87. The number of hydrogen-bond donors (Lipinski definition) is 1. The predicted molar refractivity (Wildman–Crippen MR) is 159 cm³/mol. The van der Waals surface area contributed by atoms with E-state index in [1.165, 1.54) is 0 Å². The first kappa shape index (κ1) is 29.2. The van der Waals surface area contributed by atoms with E-state index in [9.17, 15) is 14.7 Å². The molecule has 0 unspecified atom stereocenters. The Morgan fingerprint density at radius 2 is 1.30 bits per heavy atom. The van der Waals surface area contributed by atoms with E-state index in [1.54, 1.807) is 53.7 Å². The first-order valence-corrected chi connectivity index (χ1v) is 13.8. The van der Waals surface area contributed by atoms with Crippen molar-refractivity contribution in [3.63, 3.8) is 0 Å². The van der Waals surface area contributed by atoms with Crippen molar-refractivity contribution in [3.8, 4) is 28.3 Å². The Labute approximate surface area is 242 Å². The summed E-state index contributed by atoms with van der Waals surface area (Å²) in [6, 6.07) is 20.7. The summed E-state index contributed by atoms with van der Waals surface area (Å²) in [4.78, 5) is 35.6. The first-order chi connectivity index (χ1) is 18.7. The zero-order chi connectivity index (χ0) is 29.2. The van der Waals surface area contributed by atoms with Crippen molar-refractivity contribution in [2.75, 3.05) is 0 Å². The van der Waals surface area contributed by atoms with E-state index in [2.05, 4.69) is 15.9 Å². The number of carbonyl (C=O) groups excluding carboxylic acids is 2. The summed E-state index contributed by atoms with van der Waals surface area (Å²) in [5, 5.41) is 10.6. The number of rotatable bonds is 6. The average molecular weight is 606 g/mol. The highest BCUT2D eigenvalue weighted by atomic mass is 79.9. The van der Waals surface area contributed by atoms with Crippen LogP contribution in [0.15, 0.2) is 71.2 Å². The van der Waals surface area contributed by atoms with Gasteiger partial charge < -0.3 is 14.6 Å². The molecule has 0 amide bonds. The van der Waals surface area contributed by atoms with E-state index >= 15 is 0 Å². The number of fused-ring (bicyclic) bond motifs is 1. The van der Waals surface area contributed by atoms with Gasteiger partial charge in [-0.1, -0.05) is 54.6 Å². The topological polar surface area (TPSA) is 98.6 Å². The molecule has 0 atom stereocenters. The fourth-order valence-corrected chi connectivity index (χ4v) is 4.44. The molecule has 208 valence electrons. The number of halogens is 1. The van der Waals surface area contributed by atoms with Crippen LogP contribution >= 0.6 is 15.9 Å². The van der Waals surface area contributed by atoms with E-state index in [-0.39, 0.29) is 12.2 Å². The van der Waals surface area contributed by atoms with Crippen LogP contribution in [0, 0.1) is 5.92 Å². The lowest BCUT2D eigenvalue weighted by Crippen LogP contribution is -2.38. The monoisotopic (exact) mass is 604 g/mol. The Bertz CT molecular complexity index is 1510. The van der Waals surface area contributed by atoms with Gasteiger partial charge in [0.05, 0.1) is 21.4 Å². The molecule has 0 bridgehead atoms. The molecular weight excluding hydrogens is 572 g/mol. The minimum Gasteiger partial charge on any atom is -0.504 e. The molecule has 0 spiro atoms. The lowest BCUT2D eigenvalue weighted by atomic mass is 9.96. The second kappa shape index (κ2) is 11.4. The standard InChI is InChI=1S/C32H33BrN2O5/c1-31(2,3)39-29(37)22(30(38)40-32(4,5)6)18-19-12-14-21(15-13-19)25-26(20-10-8-7-9-11-20)35-27-24(34-25)17-16-23(33)28(27)36/h7-17,22,36H,18H2,1-6H3. The Morgan fingerprint density at radius 3 is 1.85 bits per heavy atom. The van der Waals surface area contributed by atoms with Crippen LogP contribution in [-0.2, 0) is 25.5 Å². The van der Waals surface area contributed by atoms with Gasteiger partial charge in [0.15, 0.2) is 11.7 Å². The fourth-order valence-electron chi connectivity index (χ4n) is 4.12. The van der Waals surface area contributed by atoms with Gasteiger partial charge in [0.2, 0.25) is 0 Å². The van der Waals surface area contributed by atoms with E-state index in [0.717, 1.165) is 16.7 Å². The largest absolute Gasteiger partial charge is 0.504 e. The van der Waals surface area contributed by atoms with Gasteiger partial charge >= 0.3 is 11.9 Å². The minimum absolute atomic E-state index is 0.0272. The summed E-state index contributed by atoms with van der Waals surface area (Å²) in [6.07, 6.45) is 0.126. The number of phenolic OH excluding ortho intramolecular Hbond substituents is 1. The molecule has 1 aromatic heterocycles. The second-order valence-corrected chi connectivity index (χ2v) is 12.4. The Balaban J connectivity index is 1.72. The Kier molecular flexibility index (Phi) is 8.30. The third kappa shape index (κ3) is 7.04. The van der Waals surface area contributed by atoms with Crippen LogP contribution in [0.5, 0.6) is 5.75 Å². The number of ether oxygens (including phenoxy) is 2. The van der Waals surface area contributed by atoms with Crippen molar-refractivity contribution in [2.24, 2.45) is 5.92 Å². The number of hydrogen-bond acceptors (Lipinski definition) is 7. The highest BCUT2D eigenvalue weighted by Crippen LogP contribution is 2.36. The Morgan fingerprint density at radius 1 is 0.775 bits per heavy atom. The molecule has 1 N–H and O–H groups in total. The molecule has 4 rings (SSSR count). The van der Waals surface area contributed by atoms with Gasteiger partial charge in [0, 0.05) is 11.1 Å². The smallest absolute Gasteiger partial charge is 0.321 e. The van der Waals surface area contributed by atoms with Crippen LogP contribution in [0.3, 0.4) is 0 Å². The van der Waals surface area contributed by atoms with Crippen LogP contribution < -0.4 is 0 Å². The van der Waals surface area contributed by atoms with Crippen LogP contribution in [-0.4, -0.2) is 38.2 Å². The number of esters is 2. The lowest BCUT2D eigenvalue weighted by Gasteiger charge is -2.26. The molecule has 0 aliphatic heterocycles. The van der Waals surface area contributed by atoms with Crippen molar-refractivity contribution in [1.29, 1.82) is 0 Å². The molecule has 0 saturated carbocycles. The number of carbonyl (C=O) groups is 2.